The molecular weight excluding hydrogens is 468 g/mol. The zero-order valence-electron chi connectivity index (χ0n) is 21.5. The Hall–Kier alpha value is -2.82. The lowest BCUT2D eigenvalue weighted by Gasteiger charge is -2.37. The molecule has 1 atom stereocenters. The molecule has 4 nitrogen and oxygen atoms in total. The second-order valence-corrected chi connectivity index (χ2v) is 9.89. The quantitative estimate of drug-likeness (QED) is 0.283. The van der Waals surface area contributed by atoms with Crippen LogP contribution in [0.25, 0.3) is 11.1 Å². The van der Waals surface area contributed by atoms with Crippen molar-refractivity contribution < 1.29 is 9.53 Å². The summed E-state index contributed by atoms with van der Waals surface area (Å²) in [6, 6.07) is 26.8. The van der Waals surface area contributed by atoms with Gasteiger partial charge in [-0.05, 0) is 62.1 Å². The molecule has 0 saturated carbocycles. The summed E-state index contributed by atoms with van der Waals surface area (Å²) in [6.45, 7) is 9.43. The van der Waals surface area contributed by atoms with Crippen molar-refractivity contribution in [1.29, 1.82) is 0 Å². The van der Waals surface area contributed by atoms with Gasteiger partial charge in [-0.2, -0.15) is 0 Å². The maximum Gasteiger partial charge on any atom is 0.316 e. The second-order valence-electron chi connectivity index (χ2n) is 9.48. The maximum atomic E-state index is 13.1. The van der Waals surface area contributed by atoms with Crippen molar-refractivity contribution in [3.63, 3.8) is 0 Å². The van der Waals surface area contributed by atoms with Crippen molar-refractivity contribution in [1.82, 2.24) is 4.90 Å². The van der Waals surface area contributed by atoms with Gasteiger partial charge in [0.15, 0.2) is 0 Å². The van der Waals surface area contributed by atoms with E-state index in [4.69, 9.17) is 16.3 Å². The lowest BCUT2D eigenvalue weighted by molar-refractivity contribution is -0.150. The highest BCUT2D eigenvalue weighted by Crippen LogP contribution is 2.35. The summed E-state index contributed by atoms with van der Waals surface area (Å²) in [4.78, 5) is 18.0. The molecule has 3 aromatic carbocycles. The molecule has 0 N–H and O–H groups in total. The van der Waals surface area contributed by atoms with Gasteiger partial charge in [0.2, 0.25) is 0 Å². The largest absolute Gasteiger partial charge is 0.465 e. The standard InChI is InChI=1S/C31H37ClN2O2/c1-3-31(30(35)36-4-2,26-11-6-5-7-12-26)19-10-20-33-21-23-34(24-22-33)27-17-15-25(16-18-27)28-13-8-9-14-29(28)32/h5-9,11-18H,3-4,10,19-24H2,1-2H3. The van der Waals surface area contributed by atoms with Crippen molar-refractivity contribution in [2.45, 2.75) is 38.5 Å². The molecule has 0 aliphatic carbocycles. The van der Waals surface area contributed by atoms with E-state index in [2.05, 4.69) is 59.2 Å². The van der Waals surface area contributed by atoms with Gasteiger partial charge in [-0.1, -0.05) is 79.2 Å². The van der Waals surface area contributed by atoms with Crippen LogP contribution in [0, 0.1) is 0 Å². The summed E-state index contributed by atoms with van der Waals surface area (Å²) in [7, 11) is 0. The predicted molar refractivity (Wildman–Crippen MR) is 150 cm³/mol. The number of esters is 1. The van der Waals surface area contributed by atoms with Crippen molar-refractivity contribution in [2.75, 3.05) is 44.2 Å². The molecule has 0 aromatic heterocycles. The van der Waals surface area contributed by atoms with Gasteiger partial charge in [0.25, 0.3) is 0 Å². The van der Waals surface area contributed by atoms with Crippen LogP contribution in [0.15, 0.2) is 78.9 Å². The van der Waals surface area contributed by atoms with Crippen LogP contribution in [-0.2, 0) is 14.9 Å². The van der Waals surface area contributed by atoms with Gasteiger partial charge >= 0.3 is 5.97 Å². The van der Waals surface area contributed by atoms with Crippen LogP contribution in [0.4, 0.5) is 5.69 Å². The van der Waals surface area contributed by atoms with Gasteiger partial charge in [-0.15, -0.1) is 0 Å². The zero-order chi connectivity index (χ0) is 25.4. The number of rotatable bonds is 10. The van der Waals surface area contributed by atoms with Gasteiger partial charge in [0, 0.05) is 42.5 Å². The summed E-state index contributed by atoms with van der Waals surface area (Å²) < 4.78 is 5.53. The normalized spacial score (nSPS) is 15.9. The minimum atomic E-state index is -0.567. The molecule has 1 fully saturated rings. The first-order valence-electron chi connectivity index (χ1n) is 13.1. The number of hydrogen-bond donors (Lipinski definition) is 0. The number of piperazine rings is 1. The lowest BCUT2D eigenvalue weighted by atomic mass is 9.74. The fraction of sp³-hybridized carbons (Fsp3) is 0.387. The molecule has 0 bridgehead atoms. The Kier molecular flexibility index (Phi) is 9.06. The van der Waals surface area contributed by atoms with Crippen molar-refractivity contribution in [3.05, 3.63) is 89.4 Å². The summed E-state index contributed by atoms with van der Waals surface area (Å²) in [6.07, 6.45) is 2.51. The molecule has 5 heteroatoms. The third kappa shape index (κ3) is 5.93. The predicted octanol–water partition coefficient (Wildman–Crippen LogP) is 6.82. The first kappa shape index (κ1) is 26.2. The molecule has 1 aliphatic rings. The Morgan fingerprint density at radius 2 is 1.56 bits per heavy atom. The van der Waals surface area contributed by atoms with Crippen LogP contribution in [0.1, 0.15) is 38.7 Å². The fourth-order valence-corrected chi connectivity index (χ4v) is 5.54. The minimum Gasteiger partial charge on any atom is -0.465 e. The summed E-state index contributed by atoms with van der Waals surface area (Å²) in [5, 5.41) is 0.779. The molecule has 4 rings (SSSR count). The van der Waals surface area contributed by atoms with E-state index < -0.39 is 5.41 Å². The lowest BCUT2D eigenvalue weighted by Crippen LogP contribution is -2.47. The number of carbonyl (C=O) groups excluding carboxylic acids is 1. The monoisotopic (exact) mass is 504 g/mol. The molecule has 190 valence electrons. The molecule has 0 amide bonds. The molecule has 1 heterocycles. The molecule has 1 unspecified atom stereocenters. The van der Waals surface area contributed by atoms with Crippen LogP contribution in [0.5, 0.6) is 0 Å². The van der Waals surface area contributed by atoms with E-state index in [0.29, 0.717) is 6.61 Å². The molecule has 36 heavy (non-hydrogen) atoms. The molecule has 3 aromatic rings. The van der Waals surface area contributed by atoms with Crippen molar-refractivity contribution in [2.24, 2.45) is 0 Å². The fourth-order valence-electron chi connectivity index (χ4n) is 5.30. The Bertz CT molecular complexity index is 1110. The molecule has 0 spiro atoms. The average Bonchev–Trinajstić information content (AvgIpc) is 2.93. The highest BCUT2D eigenvalue weighted by atomic mass is 35.5. The van der Waals surface area contributed by atoms with Gasteiger partial charge in [0.05, 0.1) is 12.0 Å². The van der Waals surface area contributed by atoms with Crippen molar-refractivity contribution >= 4 is 23.3 Å². The first-order valence-corrected chi connectivity index (χ1v) is 13.5. The van der Waals surface area contributed by atoms with E-state index in [9.17, 15) is 4.79 Å². The summed E-state index contributed by atoms with van der Waals surface area (Å²) in [5.41, 5.74) is 3.96. The van der Waals surface area contributed by atoms with E-state index >= 15 is 0 Å². The van der Waals surface area contributed by atoms with E-state index in [0.717, 1.165) is 73.7 Å². The number of ether oxygens (including phenoxy) is 1. The second kappa shape index (κ2) is 12.4. The molecule has 0 radical (unpaired) electrons. The Morgan fingerprint density at radius 3 is 2.19 bits per heavy atom. The highest BCUT2D eigenvalue weighted by molar-refractivity contribution is 6.33. The number of carbonyl (C=O) groups is 1. The minimum absolute atomic E-state index is 0.0937. The number of hydrogen-bond acceptors (Lipinski definition) is 4. The van der Waals surface area contributed by atoms with Crippen LogP contribution in [0.2, 0.25) is 5.02 Å². The van der Waals surface area contributed by atoms with E-state index in [1.165, 1.54) is 5.69 Å². The Balaban J connectivity index is 1.32. The summed E-state index contributed by atoms with van der Waals surface area (Å²) in [5.74, 6) is -0.0937. The number of halogens is 1. The first-order chi connectivity index (χ1) is 17.6. The Labute approximate surface area is 220 Å². The zero-order valence-corrected chi connectivity index (χ0v) is 22.2. The van der Waals surface area contributed by atoms with Gasteiger partial charge in [-0.25, -0.2) is 0 Å². The Morgan fingerprint density at radius 1 is 0.889 bits per heavy atom. The average molecular weight is 505 g/mol. The number of anilines is 1. The smallest absolute Gasteiger partial charge is 0.316 e. The molecule has 1 saturated heterocycles. The topological polar surface area (TPSA) is 32.8 Å². The highest BCUT2D eigenvalue weighted by Gasteiger charge is 2.39. The van der Waals surface area contributed by atoms with Crippen LogP contribution < -0.4 is 4.90 Å². The van der Waals surface area contributed by atoms with Crippen LogP contribution in [0.3, 0.4) is 0 Å². The number of nitrogens with zero attached hydrogens (tertiary/aromatic N) is 2. The number of benzene rings is 3. The van der Waals surface area contributed by atoms with Gasteiger partial charge in [-0.3, -0.25) is 9.69 Å². The van der Waals surface area contributed by atoms with Gasteiger partial charge < -0.3 is 9.64 Å². The van der Waals surface area contributed by atoms with E-state index in [1.54, 1.807) is 0 Å². The van der Waals surface area contributed by atoms with Crippen molar-refractivity contribution in [3.8, 4) is 11.1 Å². The maximum absolute atomic E-state index is 13.1. The third-order valence-corrected chi connectivity index (χ3v) is 7.79. The summed E-state index contributed by atoms with van der Waals surface area (Å²) >= 11 is 6.37. The van der Waals surface area contributed by atoms with Crippen LogP contribution in [-0.4, -0.2) is 50.2 Å². The molecule has 1 aliphatic heterocycles. The SMILES string of the molecule is CCOC(=O)C(CC)(CCCN1CCN(c2ccc(-c3ccccc3Cl)cc2)CC1)c1ccccc1. The van der Waals surface area contributed by atoms with Gasteiger partial charge in [0.1, 0.15) is 0 Å². The van der Waals surface area contributed by atoms with Crippen LogP contribution >= 0.6 is 11.6 Å². The van der Waals surface area contributed by atoms with E-state index in [-0.39, 0.29) is 5.97 Å². The van der Waals surface area contributed by atoms with E-state index in [1.807, 2.05) is 43.3 Å². The molecular formula is C31H37ClN2O2. The third-order valence-electron chi connectivity index (χ3n) is 7.46.